The number of allylic oxidation sites excluding steroid dienone is 1. The Labute approximate surface area is 239 Å². The molecule has 2 aromatic heterocycles. The van der Waals surface area contributed by atoms with E-state index in [1.807, 2.05) is 37.3 Å². The van der Waals surface area contributed by atoms with Gasteiger partial charge in [0.15, 0.2) is 11.6 Å². The number of nitrogens with one attached hydrogen (secondary N) is 1. The summed E-state index contributed by atoms with van der Waals surface area (Å²) in [6.45, 7) is 5.92. The second kappa shape index (κ2) is 10.8. The molecule has 0 amide bonds. The van der Waals surface area contributed by atoms with E-state index in [2.05, 4.69) is 33.9 Å². The Balaban J connectivity index is 1.24. The quantitative estimate of drug-likeness (QED) is 0.301. The topological polar surface area (TPSA) is 90.7 Å². The summed E-state index contributed by atoms with van der Waals surface area (Å²) >= 11 is 0. The molecule has 7 nitrogen and oxygen atoms in total. The minimum absolute atomic E-state index is 0.141. The lowest BCUT2D eigenvalue weighted by Crippen LogP contribution is -2.42. The normalized spacial score (nSPS) is 16.4. The lowest BCUT2D eigenvalue weighted by Gasteiger charge is -2.39. The van der Waals surface area contributed by atoms with Gasteiger partial charge in [0.2, 0.25) is 0 Å². The van der Waals surface area contributed by atoms with Crippen LogP contribution in [0, 0.1) is 24.1 Å². The molecule has 6 rings (SSSR count). The molecule has 0 spiro atoms. The van der Waals surface area contributed by atoms with Gasteiger partial charge < -0.3 is 14.6 Å². The number of ether oxygens (including phenoxy) is 1. The van der Waals surface area contributed by atoms with Crippen LogP contribution in [-0.4, -0.2) is 40.1 Å². The maximum atomic E-state index is 14.4. The van der Waals surface area contributed by atoms with Crippen LogP contribution in [0.15, 0.2) is 48.8 Å². The molecular formula is C33H33FN6O. The number of halogens is 1. The van der Waals surface area contributed by atoms with Crippen molar-refractivity contribution in [3.8, 4) is 23.1 Å². The van der Waals surface area contributed by atoms with Crippen LogP contribution in [0.25, 0.3) is 22.9 Å². The lowest BCUT2D eigenvalue weighted by atomic mass is 9.79. The van der Waals surface area contributed by atoms with Crippen molar-refractivity contribution in [2.24, 2.45) is 0 Å². The molecule has 1 aliphatic carbocycles. The number of piperidine rings is 1. The molecule has 1 aliphatic heterocycles. The van der Waals surface area contributed by atoms with Crippen LogP contribution in [0.4, 0.5) is 10.2 Å². The van der Waals surface area contributed by atoms with E-state index in [0.29, 0.717) is 5.56 Å². The van der Waals surface area contributed by atoms with Gasteiger partial charge in [0.1, 0.15) is 18.0 Å². The third kappa shape index (κ3) is 5.08. The molecule has 0 unspecified atom stereocenters. The molecule has 0 saturated carbocycles. The van der Waals surface area contributed by atoms with E-state index in [1.165, 1.54) is 18.7 Å². The molecule has 1 N–H and O–H groups in total. The van der Waals surface area contributed by atoms with Crippen molar-refractivity contribution in [1.82, 2.24) is 19.9 Å². The van der Waals surface area contributed by atoms with Crippen molar-refractivity contribution >= 4 is 17.5 Å². The Bertz CT molecular complexity index is 1660. The summed E-state index contributed by atoms with van der Waals surface area (Å²) in [5, 5.41) is 9.19. The Morgan fingerprint density at radius 2 is 1.80 bits per heavy atom. The molecule has 4 aromatic rings. The number of hydrogen-bond acceptors (Lipinski definition) is 6. The molecule has 2 aromatic carbocycles. The number of hydrogen-bond donors (Lipinski definition) is 1. The van der Waals surface area contributed by atoms with E-state index < -0.39 is 5.82 Å². The average molecular weight is 549 g/mol. The van der Waals surface area contributed by atoms with Crippen LogP contribution in [0.1, 0.15) is 66.5 Å². The fourth-order valence-corrected chi connectivity index (χ4v) is 5.99. The molecule has 3 heterocycles. The van der Waals surface area contributed by atoms with Crippen molar-refractivity contribution < 1.29 is 9.13 Å². The summed E-state index contributed by atoms with van der Waals surface area (Å²) in [5.74, 6) is 1.75. The van der Waals surface area contributed by atoms with Crippen molar-refractivity contribution in [1.29, 1.82) is 5.26 Å². The smallest absolute Gasteiger partial charge is 0.165 e. The van der Waals surface area contributed by atoms with Crippen molar-refractivity contribution in [2.75, 3.05) is 25.1 Å². The Morgan fingerprint density at radius 3 is 2.51 bits per heavy atom. The van der Waals surface area contributed by atoms with E-state index in [0.717, 1.165) is 90.6 Å². The van der Waals surface area contributed by atoms with Crippen molar-refractivity contribution in [3.63, 3.8) is 0 Å². The second-order valence-electron chi connectivity index (χ2n) is 11.2. The van der Waals surface area contributed by atoms with E-state index in [4.69, 9.17) is 14.7 Å². The van der Waals surface area contributed by atoms with Crippen molar-refractivity contribution in [3.05, 3.63) is 88.5 Å². The van der Waals surface area contributed by atoms with Crippen LogP contribution >= 0.6 is 0 Å². The molecule has 208 valence electrons. The molecule has 0 bridgehead atoms. The first-order valence-corrected chi connectivity index (χ1v) is 14.1. The van der Waals surface area contributed by atoms with E-state index in [1.54, 1.807) is 12.4 Å². The number of aryl methyl sites for hydroxylation is 2. The third-order valence-corrected chi connectivity index (χ3v) is 8.56. The van der Waals surface area contributed by atoms with Gasteiger partial charge >= 0.3 is 0 Å². The molecule has 0 atom stereocenters. The van der Waals surface area contributed by atoms with Crippen LogP contribution in [-0.2, 0) is 11.8 Å². The average Bonchev–Trinajstić information content (AvgIpc) is 3.26. The van der Waals surface area contributed by atoms with Gasteiger partial charge in [-0.25, -0.2) is 19.3 Å². The maximum Gasteiger partial charge on any atom is 0.165 e. The summed E-state index contributed by atoms with van der Waals surface area (Å²) < 4.78 is 19.5. The number of nitriles is 1. The highest BCUT2D eigenvalue weighted by Crippen LogP contribution is 2.39. The Morgan fingerprint density at radius 1 is 1.05 bits per heavy atom. The van der Waals surface area contributed by atoms with Gasteiger partial charge in [-0.2, -0.15) is 5.26 Å². The number of rotatable bonds is 5. The molecule has 1 fully saturated rings. The predicted molar refractivity (Wildman–Crippen MR) is 158 cm³/mol. The zero-order valence-corrected chi connectivity index (χ0v) is 23.7. The van der Waals surface area contributed by atoms with Crippen LogP contribution in [0.2, 0.25) is 0 Å². The molecular weight excluding hydrogens is 515 g/mol. The first kappa shape index (κ1) is 26.7. The highest BCUT2D eigenvalue weighted by Gasteiger charge is 2.36. The highest BCUT2D eigenvalue weighted by atomic mass is 19.1. The van der Waals surface area contributed by atoms with Crippen LogP contribution in [0.3, 0.4) is 0 Å². The first-order valence-electron chi connectivity index (χ1n) is 14.1. The van der Waals surface area contributed by atoms with Crippen LogP contribution in [0.5, 0.6) is 5.75 Å². The maximum absolute atomic E-state index is 14.4. The SMILES string of the molecule is COc1ccc(-c2nc(C3(C)CCN(c4ncnc5c4C=C(c4ccc(C#N)cc4)CCC5)CC3)[nH]c2C)cc1F. The minimum atomic E-state index is -0.395. The largest absolute Gasteiger partial charge is 0.494 e. The fraction of sp³-hybridized carbons (Fsp3) is 0.333. The summed E-state index contributed by atoms with van der Waals surface area (Å²) in [6, 6.07) is 15.0. The molecule has 8 heteroatoms. The highest BCUT2D eigenvalue weighted by molar-refractivity contribution is 5.86. The summed E-state index contributed by atoms with van der Waals surface area (Å²) in [4.78, 5) is 20.3. The number of aromatic amines is 1. The van der Waals surface area contributed by atoms with Gasteiger partial charge in [-0.1, -0.05) is 19.1 Å². The number of anilines is 1. The van der Waals surface area contributed by atoms with Gasteiger partial charge in [0.25, 0.3) is 0 Å². The van der Waals surface area contributed by atoms with Crippen molar-refractivity contribution in [2.45, 2.75) is 51.4 Å². The van der Waals surface area contributed by atoms with Gasteiger partial charge in [-0.15, -0.1) is 0 Å². The Hall–Kier alpha value is -4.51. The molecule has 0 radical (unpaired) electrons. The summed E-state index contributed by atoms with van der Waals surface area (Å²) in [7, 11) is 1.46. The summed E-state index contributed by atoms with van der Waals surface area (Å²) in [5.41, 5.74) is 7.53. The zero-order valence-electron chi connectivity index (χ0n) is 23.7. The number of aromatic nitrogens is 4. The molecule has 2 aliphatic rings. The summed E-state index contributed by atoms with van der Waals surface area (Å²) in [6.07, 6.45) is 8.64. The fourth-order valence-electron chi connectivity index (χ4n) is 5.99. The number of fused-ring (bicyclic) bond motifs is 1. The Kier molecular flexibility index (Phi) is 7.04. The number of H-pyrrole nitrogens is 1. The third-order valence-electron chi connectivity index (χ3n) is 8.56. The van der Waals surface area contributed by atoms with Gasteiger partial charge in [-0.3, -0.25) is 0 Å². The van der Waals surface area contributed by atoms with Crippen LogP contribution < -0.4 is 9.64 Å². The van der Waals surface area contributed by atoms with Gasteiger partial charge in [-0.05, 0) is 86.6 Å². The zero-order chi connectivity index (χ0) is 28.6. The molecule has 1 saturated heterocycles. The minimum Gasteiger partial charge on any atom is -0.494 e. The van der Waals surface area contributed by atoms with Gasteiger partial charge in [0, 0.05) is 35.3 Å². The predicted octanol–water partition coefficient (Wildman–Crippen LogP) is 6.63. The second-order valence-corrected chi connectivity index (χ2v) is 11.2. The monoisotopic (exact) mass is 548 g/mol. The van der Waals surface area contributed by atoms with E-state index in [9.17, 15) is 9.65 Å². The van der Waals surface area contributed by atoms with E-state index in [-0.39, 0.29) is 11.2 Å². The molecule has 41 heavy (non-hydrogen) atoms. The number of benzene rings is 2. The number of methoxy groups -OCH3 is 1. The lowest BCUT2D eigenvalue weighted by molar-refractivity contribution is 0.345. The number of nitrogens with zero attached hydrogens (tertiary/aromatic N) is 5. The van der Waals surface area contributed by atoms with Gasteiger partial charge in [0.05, 0.1) is 30.1 Å². The number of imidazole rings is 1. The standard InChI is InChI=1S/C33H33FN6O/c1-21-30(25-11-12-29(41-3)27(34)18-25)39-32(38-21)33(2)13-15-40(16-14-33)31-26-17-24(5-4-6-28(26)36-20-37-31)23-9-7-22(19-35)8-10-23/h7-12,17-18,20H,4-6,13-16H2,1-3H3,(H,38,39). The first-order chi connectivity index (χ1) is 19.9. The van der Waals surface area contributed by atoms with E-state index >= 15 is 0 Å².